The van der Waals surface area contributed by atoms with Crippen molar-refractivity contribution in [2.75, 3.05) is 5.32 Å². The predicted molar refractivity (Wildman–Crippen MR) is 83.6 cm³/mol. The van der Waals surface area contributed by atoms with Gasteiger partial charge in [0.25, 0.3) is 0 Å². The Morgan fingerprint density at radius 3 is 2.37 bits per heavy atom. The molecule has 2 aromatic rings. The Kier molecular flexibility index (Phi) is 3.94. The van der Waals surface area contributed by atoms with Crippen LogP contribution in [0.2, 0.25) is 0 Å². The third-order valence-electron chi connectivity index (χ3n) is 3.31. The van der Waals surface area contributed by atoms with Gasteiger partial charge < -0.3 is 5.32 Å². The van der Waals surface area contributed by atoms with Crippen molar-refractivity contribution in [1.82, 2.24) is 0 Å². The Bertz CT molecular complexity index is 550. The zero-order valence-corrected chi connectivity index (χ0v) is 12.3. The number of nitrogens with one attached hydrogen (secondary N) is 1. The van der Waals surface area contributed by atoms with E-state index in [1.165, 1.54) is 22.4 Å². The van der Waals surface area contributed by atoms with E-state index in [4.69, 9.17) is 0 Å². The first kappa shape index (κ1) is 13.7. The van der Waals surface area contributed by atoms with Crippen molar-refractivity contribution in [2.24, 2.45) is 0 Å². The Morgan fingerprint density at radius 1 is 0.947 bits per heavy atom. The van der Waals surface area contributed by atoms with Gasteiger partial charge in [0.2, 0.25) is 0 Å². The lowest BCUT2D eigenvalue weighted by Crippen LogP contribution is -2.11. The smallest absolute Gasteiger partial charge is 0.0400 e. The third-order valence-corrected chi connectivity index (χ3v) is 3.31. The maximum atomic E-state index is 3.48. The van der Waals surface area contributed by atoms with Gasteiger partial charge in [-0.1, -0.05) is 57.2 Å². The molecule has 0 saturated heterocycles. The van der Waals surface area contributed by atoms with Gasteiger partial charge in [-0.05, 0) is 41.2 Å². The molecule has 0 atom stereocenters. The monoisotopic (exact) mass is 253 g/mol. The van der Waals surface area contributed by atoms with Gasteiger partial charge in [0, 0.05) is 12.2 Å². The Hall–Kier alpha value is -1.76. The minimum absolute atomic E-state index is 0.208. The average molecular weight is 253 g/mol. The highest BCUT2D eigenvalue weighted by molar-refractivity contribution is 5.46. The van der Waals surface area contributed by atoms with E-state index in [0.29, 0.717) is 0 Å². The first-order chi connectivity index (χ1) is 8.95. The van der Waals surface area contributed by atoms with Crippen molar-refractivity contribution in [3.8, 4) is 0 Å². The lowest BCUT2D eigenvalue weighted by molar-refractivity contribution is 0.589. The standard InChI is InChI=1S/C18H23N/c1-14-7-5-10-17(11-14)19-13-15-8-6-9-16(12-15)18(2,3)4/h5-12,19H,13H2,1-4H3. The normalized spacial score (nSPS) is 11.4. The minimum Gasteiger partial charge on any atom is -0.381 e. The summed E-state index contributed by atoms with van der Waals surface area (Å²) >= 11 is 0. The molecule has 0 aliphatic heterocycles. The van der Waals surface area contributed by atoms with Crippen LogP contribution in [0.5, 0.6) is 0 Å². The van der Waals surface area contributed by atoms with Gasteiger partial charge in [0.15, 0.2) is 0 Å². The minimum atomic E-state index is 0.208. The van der Waals surface area contributed by atoms with Crippen molar-refractivity contribution in [1.29, 1.82) is 0 Å². The molecular formula is C18H23N. The number of rotatable bonds is 3. The van der Waals surface area contributed by atoms with Gasteiger partial charge >= 0.3 is 0 Å². The average Bonchev–Trinajstić information content (AvgIpc) is 2.36. The molecule has 0 bridgehead atoms. The van der Waals surface area contributed by atoms with Crippen LogP contribution in [-0.4, -0.2) is 0 Å². The molecule has 0 aliphatic carbocycles. The first-order valence-corrected chi connectivity index (χ1v) is 6.85. The molecule has 0 amide bonds. The molecule has 0 saturated carbocycles. The van der Waals surface area contributed by atoms with Gasteiger partial charge in [-0.3, -0.25) is 0 Å². The molecular weight excluding hydrogens is 230 g/mol. The summed E-state index contributed by atoms with van der Waals surface area (Å²) in [5, 5.41) is 3.48. The van der Waals surface area contributed by atoms with Crippen LogP contribution in [0.15, 0.2) is 48.5 Å². The van der Waals surface area contributed by atoms with Gasteiger partial charge in [0.1, 0.15) is 0 Å². The van der Waals surface area contributed by atoms with Crippen molar-refractivity contribution in [3.63, 3.8) is 0 Å². The van der Waals surface area contributed by atoms with Crippen LogP contribution in [0.25, 0.3) is 0 Å². The summed E-state index contributed by atoms with van der Waals surface area (Å²) in [6.07, 6.45) is 0. The van der Waals surface area contributed by atoms with Crippen LogP contribution in [0.1, 0.15) is 37.5 Å². The molecule has 1 N–H and O–H groups in total. The number of hydrogen-bond acceptors (Lipinski definition) is 1. The van der Waals surface area contributed by atoms with Crippen LogP contribution >= 0.6 is 0 Å². The van der Waals surface area contributed by atoms with E-state index in [9.17, 15) is 0 Å². The van der Waals surface area contributed by atoms with E-state index in [1.54, 1.807) is 0 Å². The topological polar surface area (TPSA) is 12.0 Å². The fourth-order valence-electron chi connectivity index (χ4n) is 2.11. The summed E-state index contributed by atoms with van der Waals surface area (Å²) in [4.78, 5) is 0. The molecule has 0 unspecified atom stereocenters. The molecule has 19 heavy (non-hydrogen) atoms. The molecule has 2 rings (SSSR count). The van der Waals surface area contributed by atoms with Gasteiger partial charge in [-0.15, -0.1) is 0 Å². The molecule has 0 aliphatic rings. The zero-order chi connectivity index (χ0) is 13.9. The Labute approximate surface area is 116 Å². The SMILES string of the molecule is Cc1cccc(NCc2cccc(C(C)(C)C)c2)c1. The number of hydrogen-bond donors (Lipinski definition) is 1. The van der Waals surface area contributed by atoms with Crippen LogP contribution in [0.4, 0.5) is 5.69 Å². The second-order valence-corrected chi connectivity index (χ2v) is 6.17. The third kappa shape index (κ3) is 3.85. The quantitative estimate of drug-likeness (QED) is 0.820. The highest BCUT2D eigenvalue weighted by Crippen LogP contribution is 2.23. The van der Waals surface area contributed by atoms with Crippen molar-refractivity contribution >= 4 is 5.69 Å². The Balaban J connectivity index is 2.08. The van der Waals surface area contributed by atoms with Crippen LogP contribution < -0.4 is 5.32 Å². The van der Waals surface area contributed by atoms with Gasteiger partial charge in [0.05, 0.1) is 0 Å². The lowest BCUT2D eigenvalue weighted by atomic mass is 9.86. The molecule has 2 aromatic carbocycles. The summed E-state index contributed by atoms with van der Waals surface area (Å²) in [6, 6.07) is 17.3. The van der Waals surface area contributed by atoms with E-state index in [1.807, 2.05) is 0 Å². The Morgan fingerprint density at radius 2 is 1.68 bits per heavy atom. The van der Waals surface area contributed by atoms with Crippen molar-refractivity contribution in [2.45, 2.75) is 39.7 Å². The van der Waals surface area contributed by atoms with Gasteiger partial charge in [-0.2, -0.15) is 0 Å². The van der Waals surface area contributed by atoms with Crippen molar-refractivity contribution in [3.05, 3.63) is 65.2 Å². The maximum absolute atomic E-state index is 3.48. The summed E-state index contributed by atoms with van der Waals surface area (Å²) < 4.78 is 0. The molecule has 0 heterocycles. The predicted octanol–water partition coefficient (Wildman–Crippen LogP) is 4.90. The van der Waals surface area contributed by atoms with E-state index in [2.05, 4.69) is 81.5 Å². The number of anilines is 1. The molecule has 0 radical (unpaired) electrons. The van der Waals surface area contributed by atoms with E-state index < -0.39 is 0 Å². The maximum Gasteiger partial charge on any atom is 0.0400 e. The summed E-state index contributed by atoms with van der Waals surface area (Å²) in [6.45, 7) is 9.74. The molecule has 0 spiro atoms. The van der Waals surface area contributed by atoms with E-state index in [-0.39, 0.29) is 5.41 Å². The van der Waals surface area contributed by atoms with Crippen molar-refractivity contribution < 1.29 is 0 Å². The van der Waals surface area contributed by atoms with E-state index in [0.717, 1.165) is 6.54 Å². The molecule has 1 nitrogen and oxygen atoms in total. The molecule has 0 fully saturated rings. The summed E-state index contributed by atoms with van der Waals surface area (Å²) in [5.74, 6) is 0. The zero-order valence-electron chi connectivity index (χ0n) is 12.3. The molecule has 0 aromatic heterocycles. The second-order valence-electron chi connectivity index (χ2n) is 6.17. The largest absolute Gasteiger partial charge is 0.381 e. The summed E-state index contributed by atoms with van der Waals surface area (Å²) in [7, 11) is 0. The van der Waals surface area contributed by atoms with Crippen LogP contribution in [0, 0.1) is 6.92 Å². The highest BCUT2D eigenvalue weighted by atomic mass is 14.9. The summed E-state index contributed by atoms with van der Waals surface area (Å²) in [5.41, 5.74) is 5.39. The van der Waals surface area contributed by atoms with Crippen LogP contribution in [0.3, 0.4) is 0 Å². The molecule has 100 valence electrons. The second kappa shape index (κ2) is 5.48. The fourth-order valence-corrected chi connectivity index (χ4v) is 2.11. The van der Waals surface area contributed by atoms with Crippen LogP contribution in [-0.2, 0) is 12.0 Å². The lowest BCUT2D eigenvalue weighted by Gasteiger charge is -2.20. The van der Waals surface area contributed by atoms with E-state index >= 15 is 0 Å². The first-order valence-electron chi connectivity index (χ1n) is 6.85. The molecule has 1 heteroatoms. The number of benzene rings is 2. The van der Waals surface area contributed by atoms with Gasteiger partial charge in [-0.25, -0.2) is 0 Å². The highest BCUT2D eigenvalue weighted by Gasteiger charge is 2.13. The number of aryl methyl sites for hydroxylation is 1. The fraction of sp³-hybridized carbons (Fsp3) is 0.333.